The normalized spacial score (nSPS) is 20.3. The summed E-state index contributed by atoms with van der Waals surface area (Å²) in [6.07, 6.45) is 5.08. The van der Waals surface area contributed by atoms with Gasteiger partial charge in [-0.1, -0.05) is 18.2 Å². The number of fused-ring (bicyclic) bond motifs is 2. The Balaban J connectivity index is 1.21. The molecule has 4 heterocycles. The quantitative estimate of drug-likeness (QED) is 0.341. The minimum atomic E-state index is -3.87. The van der Waals surface area contributed by atoms with E-state index in [2.05, 4.69) is 30.6 Å². The Morgan fingerprint density at radius 3 is 2.58 bits per heavy atom. The van der Waals surface area contributed by atoms with E-state index in [9.17, 15) is 23.3 Å². The third-order valence-electron chi connectivity index (χ3n) is 7.75. The lowest BCUT2D eigenvalue weighted by Gasteiger charge is -2.29. The highest BCUT2D eigenvalue weighted by Crippen LogP contribution is 2.43. The first-order valence-electron chi connectivity index (χ1n) is 12.6. The number of anilines is 2. The monoisotopic (exact) mass is 576 g/mol. The van der Waals surface area contributed by atoms with Crippen LogP contribution < -0.4 is 10.2 Å². The van der Waals surface area contributed by atoms with Crippen molar-refractivity contribution >= 4 is 55.7 Å². The Bertz CT molecular complexity index is 1750. The van der Waals surface area contributed by atoms with Gasteiger partial charge in [0.2, 0.25) is 11.0 Å². The number of likely N-dealkylation sites (tertiary alicyclic amines) is 1. The number of benzene rings is 1. The molecule has 204 valence electrons. The molecular weight excluding hydrogens is 552 g/mol. The van der Waals surface area contributed by atoms with Crippen molar-refractivity contribution < 1.29 is 18.0 Å². The first-order chi connectivity index (χ1) is 19.3. The van der Waals surface area contributed by atoms with Crippen LogP contribution in [0.15, 0.2) is 53.7 Å². The van der Waals surface area contributed by atoms with Crippen LogP contribution in [0.5, 0.6) is 0 Å². The highest BCUT2D eigenvalue weighted by molar-refractivity contribution is 7.90. The van der Waals surface area contributed by atoms with Gasteiger partial charge in [-0.25, -0.2) is 22.2 Å². The summed E-state index contributed by atoms with van der Waals surface area (Å²) in [5, 5.41) is 13.5. The maximum absolute atomic E-state index is 13.3. The Kier molecular flexibility index (Phi) is 6.47. The minimum absolute atomic E-state index is 0.0411. The van der Waals surface area contributed by atoms with Crippen LogP contribution in [0.1, 0.15) is 29.0 Å². The topological polar surface area (TPSA) is 154 Å². The zero-order valence-corrected chi connectivity index (χ0v) is 23.0. The van der Waals surface area contributed by atoms with E-state index in [-0.39, 0.29) is 45.4 Å². The van der Waals surface area contributed by atoms with Crippen molar-refractivity contribution in [3.8, 4) is 6.07 Å². The molecule has 1 aliphatic heterocycles. The van der Waals surface area contributed by atoms with Crippen molar-refractivity contribution in [2.45, 2.75) is 23.8 Å². The molecule has 2 fully saturated rings. The van der Waals surface area contributed by atoms with Crippen molar-refractivity contribution in [2.24, 2.45) is 11.8 Å². The van der Waals surface area contributed by atoms with Crippen LogP contribution in [0.2, 0.25) is 0 Å². The average molecular weight is 577 g/mol. The molecule has 1 aromatic carbocycles. The van der Waals surface area contributed by atoms with E-state index >= 15 is 0 Å². The van der Waals surface area contributed by atoms with Crippen LogP contribution in [0.25, 0.3) is 11.0 Å². The van der Waals surface area contributed by atoms with Gasteiger partial charge in [0.15, 0.2) is 11.9 Å². The summed E-state index contributed by atoms with van der Waals surface area (Å²) in [5.74, 6) is 0.604. The number of hydrogen-bond donors (Lipinski definition) is 1. The number of amides is 2. The molecule has 1 saturated heterocycles. The van der Waals surface area contributed by atoms with E-state index in [1.54, 1.807) is 29.2 Å². The second-order valence-corrected chi connectivity index (χ2v) is 12.5. The highest BCUT2D eigenvalue weighted by Gasteiger charge is 2.44. The Morgan fingerprint density at radius 1 is 1.20 bits per heavy atom. The zero-order chi connectivity index (χ0) is 28.0. The van der Waals surface area contributed by atoms with Crippen molar-refractivity contribution in [3.05, 3.63) is 60.2 Å². The number of carbonyl (C=O) groups is 2. The molecule has 14 heteroatoms. The maximum Gasteiger partial charge on any atom is 0.323 e. The van der Waals surface area contributed by atoms with Crippen LogP contribution in [-0.2, 0) is 10.0 Å². The van der Waals surface area contributed by atoms with Gasteiger partial charge in [0.1, 0.15) is 6.07 Å². The van der Waals surface area contributed by atoms with E-state index in [4.69, 9.17) is 0 Å². The molecule has 2 aliphatic rings. The summed E-state index contributed by atoms with van der Waals surface area (Å²) < 4.78 is 31.7. The summed E-state index contributed by atoms with van der Waals surface area (Å²) in [6, 6.07) is 11.9. The van der Waals surface area contributed by atoms with Crippen LogP contribution >= 0.6 is 11.5 Å². The predicted molar refractivity (Wildman–Crippen MR) is 148 cm³/mol. The summed E-state index contributed by atoms with van der Waals surface area (Å²) in [7, 11) is -1.94. The molecule has 2 amide bonds. The summed E-state index contributed by atoms with van der Waals surface area (Å²) in [4.78, 5) is 35.9. The number of aromatic nitrogens is 4. The van der Waals surface area contributed by atoms with Gasteiger partial charge in [-0.3, -0.25) is 10.1 Å². The van der Waals surface area contributed by atoms with Crippen LogP contribution in [0, 0.1) is 23.2 Å². The smallest absolute Gasteiger partial charge is 0.323 e. The predicted octanol–water partition coefficient (Wildman–Crippen LogP) is 3.19. The molecule has 6 rings (SSSR count). The number of rotatable bonds is 6. The Morgan fingerprint density at radius 2 is 1.93 bits per heavy atom. The molecule has 12 nitrogen and oxygen atoms in total. The van der Waals surface area contributed by atoms with Gasteiger partial charge in [-0.05, 0) is 42.9 Å². The number of carbonyl (C=O) groups excluding carboxylic acids is 2. The fraction of sp³-hybridized carbons (Fsp3) is 0.308. The number of urea groups is 1. The SMILES string of the molecule is CN(c1c(C#N)cnc2c1ccn2S(=O)(=O)c1ccccc1)[C@H]1C[C@@H]2CN(C(=O)Nc3nc(C=O)ns3)C[C@@H]2C1. The van der Waals surface area contributed by atoms with Gasteiger partial charge in [0, 0.05) is 55.5 Å². The minimum Gasteiger partial charge on any atom is -0.370 e. The van der Waals surface area contributed by atoms with Gasteiger partial charge >= 0.3 is 6.03 Å². The van der Waals surface area contributed by atoms with Gasteiger partial charge in [-0.15, -0.1) is 0 Å². The summed E-state index contributed by atoms with van der Waals surface area (Å²) >= 11 is 0.962. The molecule has 1 N–H and O–H groups in total. The largest absolute Gasteiger partial charge is 0.370 e. The number of nitrogens with one attached hydrogen (secondary N) is 1. The molecule has 3 atom stereocenters. The lowest BCUT2D eigenvalue weighted by molar-refractivity contribution is 0.111. The van der Waals surface area contributed by atoms with E-state index in [1.807, 2.05) is 7.05 Å². The molecule has 0 spiro atoms. The van der Waals surface area contributed by atoms with E-state index in [0.717, 1.165) is 28.3 Å². The first-order valence-corrected chi connectivity index (χ1v) is 14.8. The molecular formula is C26H24N8O4S2. The summed E-state index contributed by atoms with van der Waals surface area (Å²) in [6.45, 7) is 1.17. The zero-order valence-electron chi connectivity index (χ0n) is 21.3. The Hall–Kier alpha value is -4.35. The second kappa shape index (κ2) is 10.00. The van der Waals surface area contributed by atoms with Gasteiger partial charge in [-0.2, -0.15) is 14.6 Å². The van der Waals surface area contributed by atoms with Gasteiger partial charge in [0.05, 0.1) is 16.1 Å². The lowest BCUT2D eigenvalue weighted by atomic mass is 10.0. The summed E-state index contributed by atoms with van der Waals surface area (Å²) in [5.41, 5.74) is 1.28. The number of hydrogen-bond acceptors (Lipinski definition) is 10. The third-order valence-corrected chi connectivity index (χ3v) is 10.1. The number of pyridine rings is 1. The average Bonchev–Trinajstić information content (AvgIpc) is 3.75. The third kappa shape index (κ3) is 4.37. The molecule has 4 aromatic rings. The lowest BCUT2D eigenvalue weighted by Crippen LogP contribution is -2.36. The molecule has 40 heavy (non-hydrogen) atoms. The van der Waals surface area contributed by atoms with E-state index in [1.165, 1.54) is 24.5 Å². The second-order valence-electron chi connectivity index (χ2n) is 9.97. The molecule has 1 saturated carbocycles. The van der Waals surface area contributed by atoms with Crippen molar-refractivity contribution in [1.82, 2.24) is 23.2 Å². The number of nitrogens with zero attached hydrogens (tertiary/aromatic N) is 7. The van der Waals surface area contributed by atoms with Crippen LogP contribution in [0.4, 0.5) is 15.6 Å². The van der Waals surface area contributed by atoms with Crippen molar-refractivity contribution in [2.75, 3.05) is 30.4 Å². The van der Waals surface area contributed by atoms with Crippen molar-refractivity contribution in [1.29, 1.82) is 5.26 Å². The fourth-order valence-corrected chi connectivity index (χ4v) is 7.70. The van der Waals surface area contributed by atoms with Crippen LogP contribution in [0.3, 0.4) is 0 Å². The standard InChI is InChI=1S/C26H24N8O4S2/c1-32(19-9-16-13-33(14-17(16)10-19)26(36)30-25-29-22(15-35)31-39-25)23-18(11-27)12-28-24-21(23)7-8-34(24)40(37,38)20-5-3-2-4-6-20/h2-8,12,15-17,19H,9-10,13-14H2,1H3,(H,29,30,31,36)/t16-,17+,19+. The molecule has 3 aromatic heterocycles. The number of aldehydes is 1. The maximum atomic E-state index is 13.3. The Labute approximate surface area is 234 Å². The van der Waals surface area contributed by atoms with E-state index < -0.39 is 10.0 Å². The highest BCUT2D eigenvalue weighted by atomic mass is 32.2. The van der Waals surface area contributed by atoms with E-state index in [0.29, 0.717) is 36.0 Å². The number of nitriles is 1. The fourth-order valence-electron chi connectivity index (χ4n) is 5.85. The molecule has 0 bridgehead atoms. The molecule has 0 unspecified atom stereocenters. The molecule has 1 aliphatic carbocycles. The van der Waals surface area contributed by atoms with Gasteiger partial charge < -0.3 is 9.80 Å². The van der Waals surface area contributed by atoms with Gasteiger partial charge in [0.25, 0.3) is 10.0 Å². The van der Waals surface area contributed by atoms with Crippen LogP contribution in [-0.4, -0.2) is 70.1 Å². The first kappa shape index (κ1) is 25.9. The van der Waals surface area contributed by atoms with Crippen molar-refractivity contribution in [3.63, 3.8) is 0 Å². The molecule has 0 radical (unpaired) electrons.